The van der Waals surface area contributed by atoms with Gasteiger partial charge in [0.15, 0.2) is 5.82 Å². The molecule has 7 nitrogen and oxygen atoms in total. The maximum Gasteiger partial charge on any atom is 0.393 e. The quantitative estimate of drug-likeness (QED) is 0.695. The number of halogens is 3. The predicted molar refractivity (Wildman–Crippen MR) is 117 cm³/mol. The summed E-state index contributed by atoms with van der Waals surface area (Å²) in [7, 11) is 0. The molecule has 10 heteroatoms. The van der Waals surface area contributed by atoms with E-state index in [1.165, 1.54) is 0 Å². The van der Waals surface area contributed by atoms with Gasteiger partial charge in [-0.1, -0.05) is 0 Å². The molecular weight excluding hydrogens is 421 g/mol. The summed E-state index contributed by atoms with van der Waals surface area (Å²) in [6.07, 6.45) is 0.604. The molecule has 2 aromatic heterocycles. The highest BCUT2D eigenvalue weighted by Gasteiger charge is 2.43. The molecular formula is C22H27F3N6O. The first-order valence-electron chi connectivity index (χ1n) is 11.1. The summed E-state index contributed by atoms with van der Waals surface area (Å²) < 4.78 is 40.0. The molecule has 32 heavy (non-hydrogen) atoms. The summed E-state index contributed by atoms with van der Waals surface area (Å²) in [5.74, 6) is -0.208. The standard InChI is InChI=1S/C22H27F3N6O/c23-22(24,25)15-4-2-11-30(13-15)19-8-7-18-20(28-19)31(17-6-3-10-29(18)14-17)21(32)27-16-5-1-9-26-12-16/h1,5,7-9,12,15,17,21,27,32H,2-4,6,10-11,13-14H2/t15-,17-,21?/m0/s1. The van der Waals surface area contributed by atoms with Crippen molar-refractivity contribution < 1.29 is 18.3 Å². The molecule has 0 radical (unpaired) electrons. The number of rotatable bonds is 4. The minimum absolute atomic E-state index is 0.0578. The van der Waals surface area contributed by atoms with Gasteiger partial charge in [0.25, 0.3) is 0 Å². The zero-order valence-corrected chi connectivity index (χ0v) is 17.7. The Labute approximate surface area is 184 Å². The van der Waals surface area contributed by atoms with E-state index in [9.17, 15) is 18.3 Å². The van der Waals surface area contributed by atoms with Crippen LogP contribution in [0.2, 0.25) is 0 Å². The molecule has 2 N–H and O–H groups in total. The van der Waals surface area contributed by atoms with Gasteiger partial charge in [0.05, 0.1) is 29.5 Å². The van der Waals surface area contributed by atoms with E-state index in [0.29, 0.717) is 30.3 Å². The van der Waals surface area contributed by atoms with Crippen LogP contribution in [0, 0.1) is 5.92 Å². The second kappa shape index (κ2) is 8.31. The van der Waals surface area contributed by atoms with Gasteiger partial charge in [-0.2, -0.15) is 13.2 Å². The smallest absolute Gasteiger partial charge is 0.366 e. The first-order valence-corrected chi connectivity index (χ1v) is 11.1. The van der Waals surface area contributed by atoms with Gasteiger partial charge in [-0.3, -0.25) is 4.98 Å². The van der Waals surface area contributed by atoms with Crippen molar-refractivity contribution in [1.29, 1.82) is 0 Å². The van der Waals surface area contributed by atoms with Crippen molar-refractivity contribution in [1.82, 2.24) is 9.97 Å². The lowest BCUT2D eigenvalue weighted by molar-refractivity contribution is -0.176. The van der Waals surface area contributed by atoms with Crippen LogP contribution in [-0.2, 0) is 0 Å². The largest absolute Gasteiger partial charge is 0.393 e. The van der Waals surface area contributed by atoms with Gasteiger partial charge in [-0.25, -0.2) is 4.98 Å². The van der Waals surface area contributed by atoms with Crippen LogP contribution < -0.4 is 20.0 Å². The number of fused-ring (bicyclic) bond motifs is 4. The third kappa shape index (κ3) is 4.03. The Kier molecular flexibility index (Phi) is 5.48. The van der Waals surface area contributed by atoms with E-state index in [0.717, 1.165) is 31.6 Å². The normalized spacial score (nSPS) is 24.2. The van der Waals surface area contributed by atoms with Crippen LogP contribution >= 0.6 is 0 Å². The molecule has 0 aromatic carbocycles. The molecule has 3 aliphatic rings. The van der Waals surface area contributed by atoms with Gasteiger partial charge in [0.1, 0.15) is 5.82 Å². The molecule has 0 spiro atoms. The van der Waals surface area contributed by atoms with Gasteiger partial charge >= 0.3 is 6.18 Å². The van der Waals surface area contributed by atoms with Gasteiger partial charge in [0, 0.05) is 32.4 Å². The highest BCUT2D eigenvalue weighted by atomic mass is 19.4. The summed E-state index contributed by atoms with van der Waals surface area (Å²) in [5.41, 5.74) is 1.58. The molecule has 2 bridgehead atoms. The third-order valence-electron chi connectivity index (χ3n) is 6.64. The summed E-state index contributed by atoms with van der Waals surface area (Å²) in [4.78, 5) is 14.7. The Balaban J connectivity index is 1.46. The van der Waals surface area contributed by atoms with Crippen LogP contribution in [0.1, 0.15) is 25.7 Å². The molecule has 3 atom stereocenters. The second-order valence-corrected chi connectivity index (χ2v) is 8.75. The minimum atomic E-state index is -4.20. The van der Waals surface area contributed by atoms with Crippen molar-refractivity contribution in [2.75, 3.05) is 46.2 Å². The lowest BCUT2D eigenvalue weighted by Crippen LogP contribution is -2.58. The molecule has 5 rings (SSSR count). The Morgan fingerprint density at radius 1 is 1.06 bits per heavy atom. The first kappa shape index (κ1) is 21.1. The van der Waals surface area contributed by atoms with Crippen LogP contribution in [0.3, 0.4) is 0 Å². The summed E-state index contributed by atoms with van der Waals surface area (Å²) in [6.45, 7) is 2.14. The molecule has 0 saturated carbocycles. The fraction of sp³-hybridized carbons (Fsp3) is 0.545. The minimum Gasteiger partial charge on any atom is -0.366 e. The maximum atomic E-state index is 13.3. The zero-order valence-electron chi connectivity index (χ0n) is 17.7. The highest BCUT2D eigenvalue weighted by Crippen LogP contribution is 2.41. The molecule has 1 unspecified atom stereocenters. The molecule has 5 heterocycles. The SMILES string of the molecule is OC(Nc1cccnc1)N1c2nc(N3CCC[C@H](C(F)(F)F)C3)ccc2N2CCC[C@H]1C2. The molecule has 0 aliphatic carbocycles. The first-order chi connectivity index (χ1) is 15.4. The Bertz CT molecular complexity index is 943. The number of nitrogens with zero attached hydrogens (tertiary/aromatic N) is 5. The number of hydrogen-bond donors (Lipinski definition) is 2. The number of nitrogens with one attached hydrogen (secondary N) is 1. The molecule has 2 aromatic rings. The molecule has 2 fully saturated rings. The van der Waals surface area contributed by atoms with Crippen molar-refractivity contribution >= 4 is 23.0 Å². The van der Waals surface area contributed by atoms with Crippen LogP contribution in [0.25, 0.3) is 0 Å². The highest BCUT2D eigenvalue weighted by molar-refractivity contribution is 5.74. The summed E-state index contributed by atoms with van der Waals surface area (Å²) >= 11 is 0. The number of piperidine rings is 2. The van der Waals surface area contributed by atoms with E-state index < -0.39 is 18.4 Å². The number of anilines is 4. The van der Waals surface area contributed by atoms with Crippen molar-refractivity contribution in [2.24, 2.45) is 5.92 Å². The van der Waals surface area contributed by atoms with Crippen LogP contribution in [-0.4, -0.2) is 59.8 Å². The predicted octanol–water partition coefficient (Wildman–Crippen LogP) is 3.43. The zero-order chi connectivity index (χ0) is 22.3. The fourth-order valence-electron chi connectivity index (χ4n) is 5.05. The number of aliphatic hydroxyl groups excluding tert-OH is 1. The van der Waals surface area contributed by atoms with E-state index in [1.807, 2.05) is 23.1 Å². The van der Waals surface area contributed by atoms with Crippen LogP contribution in [0.4, 0.5) is 36.2 Å². The number of pyridine rings is 2. The van der Waals surface area contributed by atoms with Crippen molar-refractivity contribution in [2.45, 2.75) is 44.3 Å². The van der Waals surface area contributed by atoms with Crippen LogP contribution in [0.15, 0.2) is 36.7 Å². The molecule has 2 saturated heterocycles. The Morgan fingerprint density at radius 3 is 2.66 bits per heavy atom. The third-order valence-corrected chi connectivity index (χ3v) is 6.64. The summed E-state index contributed by atoms with van der Waals surface area (Å²) in [6, 6.07) is 7.41. The van der Waals surface area contributed by atoms with Crippen molar-refractivity contribution in [3.8, 4) is 0 Å². The van der Waals surface area contributed by atoms with E-state index >= 15 is 0 Å². The van der Waals surface area contributed by atoms with E-state index in [1.54, 1.807) is 23.4 Å². The van der Waals surface area contributed by atoms with Crippen molar-refractivity contribution in [3.05, 3.63) is 36.7 Å². The molecule has 0 amide bonds. The number of hydrogen-bond acceptors (Lipinski definition) is 7. The Hall–Kier alpha value is -2.75. The molecule has 3 aliphatic heterocycles. The lowest BCUT2D eigenvalue weighted by Gasteiger charge is -2.49. The van der Waals surface area contributed by atoms with Crippen LogP contribution in [0.5, 0.6) is 0 Å². The van der Waals surface area contributed by atoms with Crippen molar-refractivity contribution in [3.63, 3.8) is 0 Å². The maximum absolute atomic E-state index is 13.3. The van der Waals surface area contributed by atoms with Gasteiger partial charge < -0.3 is 25.1 Å². The summed E-state index contributed by atoms with van der Waals surface area (Å²) in [5, 5.41) is 14.2. The average molecular weight is 448 g/mol. The fourth-order valence-corrected chi connectivity index (χ4v) is 5.05. The lowest BCUT2D eigenvalue weighted by atomic mass is 9.97. The number of aromatic nitrogens is 2. The van der Waals surface area contributed by atoms with Gasteiger partial charge in [-0.15, -0.1) is 0 Å². The second-order valence-electron chi connectivity index (χ2n) is 8.75. The topological polar surface area (TPSA) is 67.8 Å². The number of alkyl halides is 3. The van der Waals surface area contributed by atoms with Gasteiger partial charge in [0.2, 0.25) is 6.35 Å². The Morgan fingerprint density at radius 2 is 1.88 bits per heavy atom. The van der Waals surface area contributed by atoms with E-state index in [2.05, 4.69) is 15.2 Å². The molecule has 172 valence electrons. The van der Waals surface area contributed by atoms with E-state index in [-0.39, 0.29) is 19.0 Å². The van der Waals surface area contributed by atoms with E-state index in [4.69, 9.17) is 4.98 Å². The number of aliphatic hydroxyl groups is 1. The van der Waals surface area contributed by atoms with Gasteiger partial charge in [-0.05, 0) is 49.9 Å². The monoisotopic (exact) mass is 448 g/mol. The average Bonchev–Trinajstić information content (AvgIpc) is 2.79.